The summed E-state index contributed by atoms with van der Waals surface area (Å²) in [4.78, 5) is 14.2. The molecule has 154 valence electrons. The van der Waals surface area contributed by atoms with E-state index in [0.717, 1.165) is 52.6 Å². The normalized spacial score (nSPS) is 21.7. The van der Waals surface area contributed by atoms with Crippen molar-refractivity contribution in [3.8, 4) is 0 Å². The van der Waals surface area contributed by atoms with Crippen LogP contribution in [0, 0.1) is 10.7 Å². The van der Waals surface area contributed by atoms with E-state index in [4.69, 9.17) is 4.78 Å². The number of hydrogen-bond acceptors (Lipinski definition) is 5. The maximum atomic E-state index is 12.9. The molecule has 6 nitrogen and oxygen atoms in total. The van der Waals surface area contributed by atoms with Gasteiger partial charge >= 0.3 is 0 Å². The van der Waals surface area contributed by atoms with E-state index in [2.05, 4.69) is 42.8 Å². The fourth-order valence-electron chi connectivity index (χ4n) is 4.30. The van der Waals surface area contributed by atoms with Crippen LogP contribution < -0.4 is 4.90 Å². The highest BCUT2D eigenvalue weighted by atomic mass is 79.9. The van der Waals surface area contributed by atoms with E-state index >= 15 is 0 Å². The molecule has 1 atom stereocenters. The number of fused-ring (bicyclic) bond motifs is 1. The van der Waals surface area contributed by atoms with Gasteiger partial charge in [-0.15, -0.1) is 0 Å². The first kappa shape index (κ1) is 20.3. The van der Waals surface area contributed by atoms with Crippen molar-refractivity contribution in [1.29, 1.82) is 4.78 Å². The molecule has 1 unspecified atom stereocenters. The number of nitrogens with one attached hydrogen (secondary N) is 2. The van der Waals surface area contributed by atoms with Gasteiger partial charge in [-0.2, -0.15) is 0 Å². The molecule has 0 bridgehead atoms. The summed E-state index contributed by atoms with van der Waals surface area (Å²) in [6.45, 7) is 0. The molecular formula is C21H26BrN5OS. The van der Waals surface area contributed by atoms with Gasteiger partial charge in [0.25, 0.3) is 0 Å². The summed E-state index contributed by atoms with van der Waals surface area (Å²) in [5.74, 6) is 2.15. The third kappa shape index (κ3) is 4.80. The van der Waals surface area contributed by atoms with Crippen LogP contribution >= 0.6 is 15.9 Å². The van der Waals surface area contributed by atoms with Gasteiger partial charge in [-0.1, -0.05) is 28.1 Å². The highest BCUT2D eigenvalue weighted by Crippen LogP contribution is 2.32. The molecule has 1 aliphatic carbocycles. The zero-order valence-corrected chi connectivity index (χ0v) is 18.9. The molecular weight excluding hydrogens is 450 g/mol. The van der Waals surface area contributed by atoms with Crippen LogP contribution in [0.3, 0.4) is 0 Å². The van der Waals surface area contributed by atoms with Crippen molar-refractivity contribution in [3.05, 3.63) is 52.9 Å². The van der Waals surface area contributed by atoms with Crippen LogP contribution in [0.15, 0.2) is 47.3 Å². The van der Waals surface area contributed by atoms with Crippen LogP contribution in [0.2, 0.25) is 0 Å². The molecule has 1 aliphatic rings. The Labute approximate surface area is 180 Å². The average molecular weight is 476 g/mol. The second kappa shape index (κ2) is 8.44. The third-order valence-electron chi connectivity index (χ3n) is 5.85. The third-order valence-corrected chi connectivity index (χ3v) is 8.19. The quantitative estimate of drug-likeness (QED) is 0.527. The van der Waals surface area contributed by atoms with Crippen molar-refractivity contribution < 1.29 is 4.21 Å². The first-order chi connectivity index (χ1) is 13.9. The van der Waals surface area contributed by atoms with Gasteiger partial charge in [-0.25, -0.2) is 14.2 Å². The predicted molar refractivity (Wildman–Crippen MR) is 122 cm³/mol. The van der Waals surface area contributed by atoms with Crippen molar-refractivity contribution in [3.63, 3.8) is 0 Å². The number of H-pyrrole nitrogens is 1. The van der Waals surface area contributed by atoms with Crippen LogP contribution in [0.1, 0.15) is 31.2 Å². The molecule has 3 aromatic rings. The zero-order valence-electron chi connectivity index (χ0n) is 16.5. The van der Waals surface area contributed by atoms with Gasteiger partial charge in [-0.3, -0.25) is 4.78 Å². The molecule has 1 fully saturated rings. The summed E-state index contributed by atoms with van der Waals surface area (Å²) in [6, 6.07) is 10.2. The standard InChI is InChI=1S/C21H26BrN5OS/c1-27(21-19-10-11-24-20(19)25-14-26-21)18-8-4-16(5-9-18)13-29(23,28)12-15-2-6-17(22)7-3-15/h2-3,6-7,10-11,14,16,18,23H,4-5,8-9,12-13H2,1H3,(H,24,25,26)/t16-,18+,29?. The van der Waals surface area contributed by atoms with Crippen molar-refractivity contribution in [2.45, 2.75) is 37.5 Å². The predicted octanol–water partition coefficient (Wildman–Crippen LogP) is 4.96. The zero-order chi connectivity index (χ0) is 20.4. The minimum absolute atomic E-state index is 0.340. The van der Waals surface area contributed by atoms with E-state index in [9.17, 15) is 4.21 Å². The van der Waals surface area contributed by atoms with E-state index in [0.29, 0.717) is 23.5 Å². The fraction of sp³-hybridized carbons (Fsp3) is 0.429. The Morgan fingerprint density at radius 2 is 1.90 bits per heavy atom. The average Bonchev–Trinajstić information content (AvgIpc) is 3.18. The summed E-state index contributed by atoms with van der Waals surface area (Å²) in [5.41, 5.74) is 1.83. The number of benzene rings is 1. The maximum Gasteiger partial charge on any atom is 0.142 e. The number of anilines is 1. The first-order valence-corrected chi connectivity index (χ1v) is 12.6. The Kier molecular flexibility index (Phi) is 5.92. The number of hydrogen-bond donors (Lipinski definition) is 2. The molecule has 2 aromatic heterocycles. The second-order valence-electron chi connectivity index (χ2n) is 7.97. The lowest BCUT2D eigenvalue weighted by molar-refractivity contribution is 0.342. The lowest BCUT2D eigenvalue weighted by Gasteiger charge is -2.35. The highest BCUT2D eigenvalue weighted by Gasteiger charge is 2.27. The lowest BCUT2D eigenvalue weighted by atomic mass is 9.86. The molecule has 0 saturated heterocycles. The van der Waals surface area contributed by atoms with E-state index in [-0.39, 0.29) is 0 Å². The number of aromatic nitrogens is 3. The molecule has 1 aromatic carbocycles. The van der Waals surface area contributed by atoms with E-state index in [1.54, 1.807) is 6.33 Å². The minimum atomic E-state index is -2.61. The Bertz CT molecular complexity index is 1070. The topological polar surface area (TPSA) is 85.7 Å². The summed E-state index contributed by atoms with van der Waals surface area (Å²) in [5, 5.41) is 1.04. The molecule has 4 rings (SSSR count). The number of halogens is 1. The van der Waals surface area contributed by atoms with E-state index in [1.165, 1.54) is 0 Å². The van der Waals surface area contributed by atoms with Gasteiger partial charge in [0.1, 0.15) is 17.8 Å². The van der Waals surface area contributed by atoms with E-state index < -0.39 is 9.73 Å². The molecule has 29 heavy (non-hydrogen) atoms. The molecule has 2 N–H and O–H groups in total. The molecule has 0 aliphatic heterocycles. The molecule has 1 saturated carbocycles. The first-order valence-electron chi connectivity index (χ1n) is 9.91. The maximum absolute atomic E-state index is 12.9. The van der Waals surface area contributed by atoms with Crippen molar-refractivity contribution >= 4 is 42.5 Å². The summed E-state index contributed by atoms with van der Waals surface area (Å²) >= 11 is 3.42. The Hall–Kier alpha value is -1.93. The van der Waals surface area contributed by atoms with Crippen molar-refractivity contribution in [2.24, 2.45) is 5.92 Å². The smallest absolute Gasteiger partial charge is 0.142 e. The minimum Gasteiger partial charge on any atom is -0.356 e. The summed E-state index contributed by atoms with van der Waals surface area (Å²) in [6.07, 6.45) is 7.58. The molecule has 2 heterocycles. The monoisotopic (exact) mass is 475 g/mol. The molecule has 0 amide bonds. The molecule has 0 spiro atoms. The van der Waals surface area contributed by atoms with Gasteiger partial charge in [0, 0.05) is 39.2 Å². The Morgan fingerprint density at radius 1 is 1.17 bits per heavy atom. The Morgan fingerprint density at radius 3 is 2.62 bits per heavy atom. The second-order valence-corrected chi connectivity index (χ2v) is 11.1. The van der Waals surface area contributed by atoms with Gasteiger partial charge in [0.2, 0.25) is 0 Å². The summed E-state index contributed by atoms with van der Waals surface area (Å²) < 4.78 is 22.3. The van der Waals surface area contributed by atoms with Crippen LogP contribution in [-0.2, 0) is 15.5 Å². The Balaban J connectivity index is 1.35. The fourth-order valence-corrected chi connectivity index (χ4v) is 6.51. The SMILES string of the molecule is CN(c1ncnc2[nH]ccc12)[C@H]1CC[C@@H](CS(=N)(=O)Cc2ccc(Br)cc2)CC1. The van der Waals surface area contributed by atoms with Crippen LogP contribution in [0.5, 0.6) is 0 Å². The van der Waals surface area contributed by atoms with E-state index in [1.807, 2.05) is 36.5 Å². The van der Waals surface area contributed by atoms with Gasteiger partial charge in [-0.05, 0) is 55.4 Å². The highest BCUT2D eigenvalue weighted by molar-refractivity contribution is 9.10. The van der Waals surface area contributed by atoms with Crippen LogP contribution in [0.4, 0.5) is 5.82 Å². The van der Waals surface area contributed by atoms with Crippen LogP contribution in [-0.4, -0.2) is 38.0 Å². The number of aromatic amines is 1. The molecule has 0 radical (unpaired) electrons. The van der Waals surface area contributed by atoms with Gasteiger partial charge in [0.05, 0.1) is 11.1 Å². The van der Waals surface area contributed by atoms with Gasteiger partial charge in [0.15, 0.2) is 0 Å². The lowest BCUT2D eigenvalue weighted by Crippen LogP contribution is -2.37. The van der Waals surface area contributed by atoms with Crippen molar-refractivity contribution in [1.82, 2.24) is 15.0 Å². The number of nitrogens with zero attached hydrogens (tertiary/aromatic N) is 3. The van der Waals surface area contributed by atoms with Crippen LogP contribution in [0.25, 0.3) is 11.0 Å². The number of rotatable bonds is 6. The largest absolute Gasteiger partial charge is 0.356 e. The molecule has 8 heteroatoms. The van der Waals surface area contributed by atoms with Crippen molar-refractivity contribution in [2.75, 3.05) is 17.7 Å². The summed E-state index contributed by atoms with van der Waals surface area (Å²) in [7, 11) is -0.514. The van der Waals surface area contributed by atoms with Gasteiger partial charge < -0.3 is 9.88 Å².